The van der Waals surface area contributed by atoms with E-state index in [-0.39, 0.29) is 5.82 Å². The fraction of sp³-hybridized carbons (Fsp3) is 0.375. The van der Waals surface area contributed by atoms with E-state index in [9.17, 15) is 4.39 Å². The van der Waals surface area contributed by atoms with E-state index >= 15 is 0 Å². The van der Waals surface area contributed by atoms with Crippen LogP contribution in [0, 0.1) is 5.82 Å². The van der Waals surface area contributed by atoms with E-state index in [1.807, 2.05) is 6.07 Å². The quantitative estimate of drug-likeness (QED) is 0.837. The number of hydrogen-bond acceptors (Lipinski definition) is 3. The summed E-state index contributed by atoms with van der Waals surface area (Å²) in [5.41, 5.74) is 2.12. The van der Waals surface area contributed by atoms with Crippen molar-refractivity contribution in [3.05, 3.63) is 52.0 Å². The molecule has 0 radical (unpaired) electrons. The molecule has 0 bridgehead atoms. The molecule has 2 aromatic rings. The summed E-state index contributed by atoms with van der Waals surface area (Å²) >= 11 is 1.78. The van der Waals surface area contributed by atoms with Crippen LogP contribution >= 0.6 is 11.3 Å². The van der Waals surface area contributed by atoms with Gasteiger partial charge in [-0.3, -0.25) is 0 Å². The lowest BCUT2D eigenvalue weighted by atomic mass is 10.1. The Morgan fingerprint density at radius 1 is 1.30 bits per heavy atom. The van der Waals surface area contributed by atoms with E-state index in [4.69, 9.17) is 0 Å². The average Bonchev–Trinajstić information content (AvgIpc) is 2.96. The summed E-state index contributed by atoms with van der Waals surface area (Å²) in [6.45, 7) is 4.58. The zero-order valence-corrected chi connectivity index (χ0v) is 12.8. The molecule has 0 spiro atoms. The van der Waals surface area contributed by atoms with E-state index in [2.05, 4.69) is 41.7 Å². The molecule has 0 saturated carbocycles. The Morgan fingerprint density at radius 3 is 2.85 bits per heavy atom. The second-order valence-electron chi connectivity index (χ2n) is 4.80. The lowest BCUT2D eigenvalue weighted by molar-refractivity contribution is 0.621. The molecule has 0 aliphatic rings. The molecule has 1 N–H and O–H groups in total. The van der Waals surface area contributed by atoms with Crippen molar-refractivity contribution in [2.45, 2.75) is 19.9 Å². The summed E-state index contributed by atoms with van der Waals surface area (Å²) < 4.78 is 13.4. The molecule has 20 heavy (non-hydrogen) atoms. The van der Waals surface area contributed by atoms with E-state index in [0.717, 1.165) is 30.8 Å². The van der Waals surface area contributed by atoms with Crippen LogP contribution in [0.15, 0.2) is 35.7 Å². The second kappa shape index (κ2) is 7.41. The van der Waals surface area contributed by atoms with Crippen LogP contribution in [-0.4, -0.2) is 20.1 Å². The van der Waals surface area contributed by atoms with Gasteiger partial charge in [-0.2, -0.15) is 0 Å². The number of rotatable bonds is 7. The van der Waals surface area contributed by atoms with Crippen LogP contribution in [0.4, 0.5) is 10.1 Å². The van der Waals surface area contributed by atoms with Crippen LogP contribution in [-0.2, 0) is 13.0 Å². The number of nitrogens with zero attached hydrogens (tertiary/aromatic N) is 1. The van der Waals surface area contributed by atoms with E-state index < -0.39 is 0 Å². The molecule has 0 saturated heterocycles. The van der Waals surface area contributed by atoms with Gasteiger partial charge >= 0.3 is 0 Å². The van der Waals surface area contributed by atoms with Gasteiger partial charge in [-0.05, 0) is 48.2 Å². The van der Waals surface area contributed by atoms with Gasteiger partial charge < -0.3 is 10.2 Å². The van der Waals surface area contributed by atoms with Gasteiger partial charge in [0.2, 0.25) is 0 Å². The molecule has 0 amide bonds. The maximum Gasteiger partial charge on any atom is 0.123 e. The Hall–Kier alpha value is -1.39. The third kappa shape index (κ3) is 4.05. The first-order chi connectivity index (χ1) is 9.70. The van der Waals surface area contributed by atoms with Crippen molar-refractivity contribution in [3.8, 4) is 0 Å². The molecule has 108 valence electrons. The highest BCUT2D eigenvalue weighted by Crippen LogP contribution is 2.21. The minimum Gasteiger partial charge on any atom is -0.374 e. The predicted octanol–water partition coefficient (Wildman–Crippen LogP) is 3.68. The fourth-order valence-corrected chi connectivity index (χ4v) is 2.88. The number of thiophene rings is 1. The molecule has 0 fully saturated rings. The van der Waals surface area contributed by atoms with Gasteiger partial charge in [0, 0.05) is 30.7 Å². The highest BCUT2D eigenvalue weighted by molar-refractivity contribution is 7.09. The zero-order valence-electron chi connectivity index (χ0n) is 12.0. The van der Waals surface area contributed by atoms with Gasteiger partial charge in [-0.15, -0.1) is 11.3 Å². The van der Waals surface area contributed by atoms with Crippen LogP contribution in [0.5, 0.6) is 0 Å². The molecule has 1 heterocycles. The zero-order chi connectivity index (χ0) is 14.4. The van der Waals surface area contributed by atoms with Gasteiger partial charge in [0.05, 0.1) is 0 Å². The topological polar surface area (TPSA) is 15.3 Å². The van der Waals surface area contributed by atoms with E-state index in [1.165, 1.54) is 10.9 Å². The number of halogens is 1. The van der Waals surface area contributed by atoms with Crippen molar-refractivity contribution in [2.24, 2.45) is 0 Å². The smallest absolute Gasteiger partial charge is 0.123 e. The van der Waals surface area contributed by atoms with E-state index in [1.54, 1.807) is 17.4 Å². The van der Waals surface area contributed by atoms with Crippen molar-refractivity contribution in [1.82, 2.24) is 5.32 Å². The maximum atomic E-state index is 13.4. The monoisotopic (exact) mass is 292 g/mol. The Kier molecular flexibility index (Phi) is 5.56. The van der Waals surface area contributed by atoms with Crippen LogP contribution in [0.1, 0.15) is 17.4 Å². The van der Waals surface area contributed by atoms with Crippen molar-refractivity contribution < 1.29 is 4.39 Å². The minimum absolute atomic E-state index is 0.173. The standard InChI is InChI=1S/C16H21FN2S/c1-3-18-12-13-11-14(17)6-7-16(13)19(2)9-8-15-5-4-10-20-15/h4-7,10-11,18H,3,8-9,12H2,1-2H3. The third-order valence-electron chi connectivity index (χ3n) is 3.29. The van der Waals surface area contributed by atoms with Crippen LogP contribution in [0.2, 0.25) is 0 Å². The van der Waals surface area contributed by atoms with Crippen molar-refractivity contribution in [2.75, 3.05) is 25.0 Å². The Balaban J connectivity index is 2.05. The van der Waals surface area contributed by atoms with Gasteiger partial charge in [-0.1, -0.05) is 13.0 Å². The first-order valence-corrected chi connectivity index (χ1v) is 7.81. The molecular formula is C16H21FN2S. The maximum absolute atomic E-state index is 13.4. The summed E-state index contributed by atoms with van der Waals surface area (Å²) in [5.74, 6) is -0.173. The number of anilines is 1. The number of nitrogens with one attached hydrogen (secondary N) is 1. The molecule has 2 nitrogen and oxygen atoms in total. The lowest BCUT2D eigenvalue weighted by Crippen LogP contribution is -2.23. The minimum atomic E-state index is -0.173. The summed E-state index contributed by atoms with van der Waals surface area (Å²) in [7, 11) is 2.07. The average molecular weight is 292 g/mol. The summed E-state index contributed by atoms with van der Waals surface area (Å²) in [5, 5.41) is 5.37. The molecule has 0 aliphatic heterocycles. The molecule has 2 rings (SSSR count). The summed E-state index contributed by atoms with van der Waals surface area (Å²) in [4.78, 5) is 3.58. The largest absolute Gasteiger partial charge is 0.374 e. The molecular weight excluding hydrogens is 271 g/mol. The summed E-state index contributed by atoms with van der Waals surface area (Å²) in [6, 6.07) is 9.26. The third-order valence-corrected chi connectivity index (χ3v) is 4.23. The summed E-state index contributed by atoms with van der Waals surface area (Å²) in [6.07, 6.45) is 1.02. The normalized spacial score (nSPS) is 10.8. The number of hydrogen-bond donors (Lipinski definition) is 1. The van der Waals surface area contributed by atoms with Crippen molar-refractivity contribution in [1.29, 1.82) is 0 Å². The SMILES string of the molecule is CCNCc1cc(F)ccc1N(C)CCc1cccs1. The fourth-order valence-electron chi connectivity index (χ4n) is 2.18. The Bertz CT molecular complexity index is 525. The number of benzene rings is 1. The van der Waals surface area contributed by atoms with Crippen molar-refractivity contribution in [3.63, 3.8) is 0 Å². The molecule has 1 aromatic heterocycles. The molecule has 0 unspecified atom stereocenters. The second-order valence-corrected chi connectivity index (χ2v) is 5.84. The Labute approximate surface area is 124 Å². The molecule has 4 heteroatoms. The highest BCUT2D eigenvalue weighted by Gasteiger charge is 2.09. The van der Waals surface area contributed by atoms with Gasteiger partial charge in [-0.25, -0.2) is 4.39 Å². The first kappa shape index (κ1) is 15.0. The van der Waals surface area contributed by atoms with Gasteiger partial charge in [0.25, 0.3) is 0 Å². The lowest BCUT2D eigenvalue weighted by Gasteiger charge is -2.22. The predicted molar refractivity (Wildman–Crippen MR) is 85.1 cm³/mol. The highest BCUT2D eigenvalue weighted by atomic mass is 32.1. The van der Waals surface area contributed by atoms with Gasteiger partial charge in [0.15, 0.2) is 0 Å². The molecule has 0 aliphatic carbocycles. The van der Waals surface area contributed by atoms with Crippen molar-refractivity contribution >= 4 is 17.0 Å². The number of likely N-dealkylation sites (N-methyl/N-ethyl adjacent to an activating group) is 1. The van der Waals surface area contributed by atoms with Crippen LogP contribution < -0.4 is 10.2 Å². The van der Waals surface area contributed by atoms with Gasteiger partial charge in [0.1, 0.15) is 5.82 Å². The first-order valence-electron chi connectivity index (χ1n) is 6.93. The van der Waals surface area contributed by atoms with Crippen LogP contribution in [0.25, 0.3) is 0 Å². The van der Waals surface area contributed by atoms with Crippen LogP contribution in [0.3, 0.4) is 0 Å². The van der Waals surface area contributed by atoms with E-state index in [0.29, 0.717) is 6.54 Å². The Morgan fingerprint density at radius 2 is 2.15 bits per heavy atom. The molecule has 1 aromatic carbocycles. The molecule has 0 atom stereocenters.